The minimum Gasteiger partial charge on any atom is -0.380 e. The van der Waals surface area contributed by atoms with Crippen LogP contribution in [0.3, 0.4) is 0 Å². The third-order valence-corrected chi connectivity index (χ3v) is 4.45. The molecule has 0 aliphatic heterocycles. The van der Waals surface area contributed by atoms with E-state index >= 15 is 0 Å². The monoisotopic (exact) mass is 400 g/mol. The molecule has 2 N–H and O–H groups in total. The Morgan fingerprint density at radius 1 is 1.26 bits per heavy atom. The Morgan fingerprint density at radius 2 is 2.04 bits per heavy atom. The molecule has 0 bridgehead atoms. The van der Waals surface area contributed by atoms with Crippen LogP contribution in [0.4, 0.5) is 13.2 Å². The third-order valence-electron chi connectivity index (χ3n) is 3.54. The Bertz CT molecular complexity index is 746. The zero-order valence-corrected chi connectivity index (χ0v) is 16.1. The number of aromatic nitrogens is 1. The minimum absolute atomic E-state index is 0.397. The van der Waals surface area contributed by atoms with Crippen molar-refractivity contribution in [3.63, 3.8) is 0 Å². The van der Waals surface area contributed by atoms with Crippen LogP contribution in [0.1, 0.15) is 28.8 Å². The summed E-state index contributed by atoms with van der Waals surface area (Å²) in [6.45, 7) is 4.12. The van der Waals surface area contributed by atoms with E-state index in [9.17, 15) is 13.2 Å². The SMILES string of the molecule is CCNC(=NCc1cccc(COC)c1)NCCc1nc(C(F)(F)F)cs1. The topological polar surface area (TPSA) is 58.5 Å². The predicted molar refractivity (Wildman–Crippen MR) is 101 cm³/mol. The number of hydrogen-bond donors (Lipinski definition) is 2. The summed E-state index contributed by atoms with van der Waals surface area (Å²) in [5, 5.41) is 7.74. The van der Waals surface area contributed by atoms with Crippen molar-refractivity contribution in [1.82, 2.24) is 15.6 Å². The first-order chi connectivity index (χ1) is 12.9. The van der Waals surface area contributed by atoms with Crippen molar-refractivity contribution in [3.8, 4) is 0 Å². The fourth-order valence-corrected chi connectivity index (χ4v) is 3.15. The molecule has 0 amide bonds. The van der Waals surface area contributed by atoms with Crippen molar-refractivity contribution in [2.45, 2.75) is 32.7 Å². The van der Waals surface area contributed by atoms with E-state index in [1.807, 2.05) is 31.2 Å². The highest BCUT2D eigenvalue weighted by Gasteiger charge is 2.33. The summed E-state index contributed by atoms with van der Waals surface area (Å²) in [4.78, 5) is 8.14. The van der Waals surface area contributed by atoms with Crippen LogP contribution in [0.25, 0.3) is 0 Å². The van der Waals surface area contributed by atoms with Gasteiger partial charge in [-0.15, -0.1) is 11.3 Å². The molecule has 0 unspecified atom stereocenters. The zero-order valence-electron chi connectivity index (χ0n) is 15.3. The van der Waals surface area contributed by atoms with Crippen molar-refractivity contribution in [2.24, 2.45) is 4.99 Å². The number of guanidine groups is 1. The molecule has 148 valence electrons. The Labute approximate surface area is 160 Å². The van der Waals surface area contributed by atoms with E-state index < -0.39 is 11.9 Å². The van der Waals surface area contributed by atoms with Crippen LogP contribution in [0.2, 0.25) is 0 Å². The molecule has 0 saturated heterocycles. The van der Waals surface area contributed by atoms with Gasteiger partial charge in [0.05, 0.1) is 18.2 Å². The quantitative estimate of drug-likeness (QED) is 0.525. The Kier molecular flexibility index (Phi) is 8.05. The highest BCUT2D eigenvalue weighted by atomic mass is 32.1. The molecule has 0 radical (unpaired) electrons. The fourth-order valence-electron chi connectivity index (χ4n) is 2.34. The summed E-state index contributed by atoms with van der Waals surface area (Å²) < 4.78 is 42.9. The summed E-state index contributed by atoms with van der Waals surface area (Å²) in [7, 11) is 1.65. The van der Waals surface area contributed by atoms with Gasteiger partial charge in [-0.05, 0) is 18.1 Å². The number of methoxy groups -OCH3 is 1. The number of halogens is 3. The van der Waals surface area contributed by atoms with Crippen molar-refractivity contribution < 1.29 is 17.9 Å². The third kappa shape index (κ3) is 7.18. The van der Waals surface area contributed by atoms with E-state index in [2.05, 4.69) is 20.6 Å². The maximum absolute atomic E-state index is 12.6. The molecule has 2 rings (SSSR count). The number of rotatable bonds is 8. The van der Waals surface area contributed by atoms with Gasteiger partial charge in [0, 0.05) is 32.0 Å². The number of nitrogens with one attached hydrogen (secondary N) is 2. The molecule has 1 aromatic carbocycles. The van der Waals surface area contributed by atoms with Crippen LogP contribution in [-0.2, 0) is 30.5 Å². The Morgan fingerprint density at radius 3 is 2.70 bits per heavy atom. The van der Waals surface area contributed by atoms with Crippen molar-refractivity contribution in [1.29, 1.82) is 0 Å². The molecular weight excluding hydrogens is 377 g/mol. The maximum Gasteiger partial charge on any atom is 0.434 e. The van der Waals surface area contributed by atoms with Gasteiger partial charge in [-0.25, -0.2) is 9.98 Å². The fraction of sp³-hybridized carbons (Fsp3) is 0.444. The molecule has 0 fully saturated rings. The van der Waals surface area contributed by atoms with Crippen LogP contribution in [0.5, 0.6) is 0 Å². The van der Waals surface area contributed by atoms with Gasteiger partial charge in [0.15, 0.2) is 11.7 Å². The molecule has 0 aliphatic rings. The smallest absolute Gasteiger partial charge is 0.380 e. The second kappa shape index (κ2) is 10.3. The van der Waals surface area contributed by atoms with Crippen LogP contribution in [0, 0.1) is 0 Å². The van der Waals surface area contributed by atoms with Crippen molar-refractivity contribution in [2.75, 3.05) is 20.2 Å². The van der Waals surface area contributed by atoms with E-state index in [1.165, 1.54) is 0 Å². The van der Waals surface area contributed by atoms with Gasteiger partial charge in [-0.3, -0.25) is 0 Å². The lowest BCUT2D eigenvalue weighted by Crippen LogP contribution is -2.38. The number of nitrogens with zero attached hydrogens (tertiary/aromatic N) is 2. The second-order valence-corrected chi connectivity index (χ2v) is 6.69. The molecule has 0 spiro atoms. The van der Waals surface area contributed by atoms with E-state index in [-0.39, 0.29) is 0 Å². The number of alkyl halides is 3. The summed E-state index contributed by atoms with van der Waals surface area (Å²) in [5.74, 6) is 0.613. The zero-order chi connectivity index (χ0) is 19.7. The van der Waals surface area contributed by atoms with Gasteiger partial charge in [0.1, 0.15) is 0 Å². The molecule has 5 nitrogen and oxygen atoms in total. The summed E-state index contributed by atoms with van der Waals surface area (Å²) >= 11 is 1.01. The van der Waals surface area contributed by atoms with Crippen molar-refractivity contribution in [3.05, 3.63) is 51.5 Å². The lowest BCUT2D eigenvalue weighted by molar-refractivity contribution is -0.140. The summed E-state index contributed by atoms with van der Waals surface area (Å²) in [6.07, 6.45) is -4.00. The number of benzene rings is 1. The van der Waals surface area contributed by atoms with E-state index in [4.69, 9.17) is 4.74 Å². The lowest BCUT2D eigenvalue weighted by Gasteiger charge is -2.11. The average molecular weight is 400 g/mol. The molecule has 1 aromatic heterocycles. The van der Waals surface area contributed by atoms with Crippen LogP contribution < -0.4 is 10.6 Å². The number of ether oxygens (including phenoxy) is 1. The van der Waals surface area contributed by atoms with E-state index in [1.54, 1.807) is 7.11 Å². The molecular formula is C18H23F3N4OS. The highest BCUT2D eigenvalue weighted by Crippen LogP contribution is 2.29. The van der Waals surface area contributed by atoms with E-state index in [0.29, 0.717) is 43.6 Å². The number of thiazole rings is 1. The Hall–Kier alpha value is -2.13. The van der Waals surface area contributed by atoms with Gasteiger partial charge in [-0.1, -0.05) is 24.3 Å². The van der Waals surface area contributed by atoms with Gasteiger partial charge >= 0.3 is 6.18 Å². The molecule has 9 heteroatoms. The molecule has 2 aromatic rings. The maximum atomic E-state index is 12.6. The first-order valence-corrected chi connectivity index (χ1v) is 9.41. The van der Waals surface area contributed by atoms with E-state index in [0.717, 1.165) is 27.8 Å². The van der Waals surface area contributed by atoms with Gasteiger partial charge in [-0.2, -0.15) is 13.2 Å². The molecule has 0 aliphatic carbocycles. The minimum atomic E-state index is -4.39. The van der Waals surface area contributed by atoms with Crippen molar-refractivity contribution >= 4 is 17.3 Å². The average Bonchev–Trinajstić information content (AvgIpc) is 3.10. The first kappa shape index (κ1) is 21.2. The summed E-state index contributed by atoms with van der Waals surface area (Å²) in [6, 6.07) is 7.97. The Balaban J connectivity index is 1.90. The van der Waals surface area contributed by atoms with Gasteiger partial charge in [0.25, 0.3) is 0 Å². The molecule has 0 saturated carbocycles. The van der Waals surface area contributed by atoms with Gasteiger partial charge in [0.2, 0.25) is 0 Å². The molecule has 0 atom stereocenters. The highest BCUT2D eigenvalue weighted by molar-refractivity contribution is 7.09. The number of aliphatic imine (C=N–C) groups is 1. The second-order valence-electron chi connectivity index (χ2n) is 5.75. The standard InChI is InChI=1S/C18H23F3N4OS/c1-3-22-17(24-10-13-5-4-6-14(9-13)11-26-2)23-8-7-16-25-15(12-27-16)18(19,20)21/h4-6,9,12H,3,7-8,10-11H2,1-2H3,(H2,22,23,24). The van der Waals surface area contributed by atoms with Crippen LogP contribution in [-0.4, -0.2) is 31.1 Å². The van der Waals surface area contributed by atoms with Gasteiger partial charge < -0.3 is 15.4 Å². The number of hydrogen-bond acceptors (Lipinski definition) is 4. The molecule has 1 heterocycles. The molecule has 27 heavy (non-hydrogen) atoms. The largest absolute Gasteiger partial charge is 0.434 e. The van der Waals surface area contributed by atoms with Crippen LogP contribution in [0.15, 0.2) is 34.6 Å². The lowest BCUT2D eigenvalue weighted by atomic mass is 10.1. The summed E-state index contributed by atoms with van der Waals surface area (Å²) in [5.41, 5.74) is 1.29. The predicted octanol–water partition coefficient (Wildman–Crippen LogP) is 3.61. The first-order valence-electron chi connectivity index (χ1n) is 8.53. The normalized spacial score (nSPS) is 12.3. The van der Waals surface area contributed by atoms with Crippen LogP contribution >= 0.6 is 11.3 Å².